The highest BCUT2D eigenvalue weighted by Gasteiger charge is 2.23. The summed E-state index contributed by atoms with van der Waals surface area (Å²) in [6.07, 6.45) is 4.58. The predicted octanol–water partition coefficient (Wildman–Crippen LogP) is 4.07. The Kier molecular flexibility index (Phi) is 6.32. The molecule has 1 saturated heterocycles. The minimum absolute atomic E-state index is 0.130. The van der Waals surface area contributed by atoms with Crippen molar-refractivity contribution in [3.8, 4) is 11.5 Å². The average Bonchev–Trinajstić information content (AvgIpc) is 2.83. The molecule has 1 N–H and O–H groups in total. The van der Waals surface area contributed by atoms with E-state index in [9.17, 15) is 4.79 Å². The van der Waals surface area contributed by atoms with Gasteiger partial charge in [-0.1, -0.05) is 31.2 Å². The molecule has 3 heterocycles. The molecule has 1 aliphatic heterocycles. The van der Waals surface area contributed by atoms with Crippen molar-refractivity contribution < 1.29 is 4.79 Å². The number of rotatable bonds is 6. The maximum atomic E-state index is 12.6. The van der Waals surface area contributed by atoms with Gasteiger partial charge in [-0.15, -0.1) is 0 Å². The summed E-state index contributed by atoms with van der Waals surface area (Å²) < 4.78 is 0. The van der Waals surface area contributed by atoms with Crippen LogP contribution in [-0.4, -0.2) is 45.4 Å². The van der Waals surface area contributed by atoms with Gasteiger partial charge >= 0.3 is 0 Å². The van der Waals surface area contributed by atoms with Crippen molar-refractivity contribution in [3.05, 3.63) is 72.1 Å². The molecule has 2 aromatic heterocycles. The van der Waals surface area contributed by atoms with E-state index < -0.39 is 0 Å². The van der Waals surface area contributed by atoms with Crippen LogP contribution in [0.1, 0.15) is 35.8 Å². The van der Waals surface area contributed by atoms with E-state index in [0.29, 0.717) is 11.7 Å². The number of carbonyl (C=O) groups excluding carboxylic acids is 1. The van der Waals surface area contributed by atoms with Crippen LogP contribution in [0.2, 0.25) is 0 Å². The number of aryl methyl sites for hydroxylation is 1. The summed E-state index contributed by atoms with van der Waals surface area (Å²) in [5, 5.41) is 3.49. The standard InChI is InChI=1S/C24H27N5O/c1-2-20-16-22(28-23(27-20)21-10-6-7-13-25-21)26-17-18-11-14-29(15-12-18)24(30)19-8-4-3-5-9-19/h3-10,13,16,18H,2,11-12,14-15,17H2,1H3,(H,26,27,28). The second-order valence-corrected chi connectivity index (χ2v) is 7.62. The van der Waals surface area contributed by atoms with Crippen LogP contribution >= 0.6 is 0 Å². The highest BCUT2D eigenvalue weighted by atomic mass is 16.2. The lowest BCUT2D eigenvalue weighted by Gasteiger charge is -2.32. The minimum Gasteiger partial charge on any atom is -0.370 e. The smallest absolute Gasteiger partial charge is 0.253 e. The summed E-state index contributed by atoms with van der Waals surface area (Å²) in [6.45, 7) is 4.52. The molecule has 3 aromatic rings. The molecule has 30 heavy (non-hydrogen) atoms. The number of anilines is 1. The van der Waals surface area contributed by atoms with Crippen LogP contribution in [0.5, 0.6) is 0 Å². The maximum Gasteiger partial charge on any atom is 0.253 e. The van der Waals surface area contributed by atoms with Crippen LogP contribution in [-0.2, 0) is 6.42 Å². The van der Waals surface area contributed by atoms with E-state index in [1.54, 1.807) is 6.20 Å². The Bertz CT molecular complexity index is 969. The molecule has 1 aliphatic rings. The number of benzene rings is 1. The molecule has 1 fully saturated rings. The highest BCUT2D eigenvalue weighted by molar-refractivity contribution is 5.94. The van der Waals surface area contributed by atoms with Gasteiger partial charge in [0, 0.05) is 43.2 Å². The molecule has 0 spiro atoms. The third-order valence-electron chi connectivity index (χ3n) is 5.53. The average molecular weight is 402 g/mol. The van der Waals surface area contributed by atoms with Gasteiger partial charge in [0.25, 0.3) is 5.91 Å². The Morgan fingerprint density at radius 2 is 1.83 bits per heavy atom. The Balaban J connectivity index is 1.35. The van der Waals surface area contributed by atoms with Gasteiger partial charge in [-0.25, -0.2) is 9.97 Å². The number of piperidine rings is 1. The van der Waals surface area contributed by atoms with Gasteiger partial charge in [-0.3, -0.25) is 9.78 Å². The third-order valence-corrected chi connectivity index (χ3v) is 5.53. The van der Waals surface area contributed by atoms with Crippen molar-refractivity contribution in [2.75, 3.05) is 25.0 Å². The van der Waals surface area contributed by atoms with Gasteiger partial charge in [0.2, 0.25) is 0 Å². The molecule has 1 aromatic carbocycles. The van der Waals surface area contributed by atoms with Crippen molar-refractivity contribution in [2.24, 2.45) is 5.92 Å². The van der Waals surface area contributed by atoms with Gasteiger partial charge in [-0.05, 0) is 49.4 Å². The Morgan fingerprint density at radius 3 is 2.53 bits per heavy atom. The van der Waals surface area contributed by atoms with Crippen LogP contribution in [0.15, 0.2) is 60.8 Å². The first-order valence-corrected chi connectivity index (χ1v) is 10.6. The molecule has 4 rings (SSSR count). The second kappa shape index (κ2) is 9.48. The largest absolute Gasteiger partial charge is 0.370 e. The molecule has 6 nitrogen and oxygen atoms in total. The van der Waals surface area contributed by atoms with Crippen LogP contribution in [0.3, 0.4) is 0 Å². The monoisotopic (exact) mass is 401 g/mol. The fourth-order valence-corrected chi connectivity index (χ4v) is 3.73. The molecule has 0 bridgehead atoms. The van der Waals surface area contributed by atoms with Crippen LogP contribution in [0.4, 0.5) is 5.82 Å². The first-order chi connectivity index (χ1) is 14.7. The summed E-state index contributed by atoms with van der Waals surface area (Å²) in [4.78, 5) is 28.2. The van der Waals surface area contributed by atoms with Crippen molar-refractivity contribution in [2.45, 2.75) is 26.2 Å². The van der Waals surface area contributed by atoms with E-state index in [4.69, 9.17) is 0 Å². The van der Waals surface area contributed by atoms with Crippen LogP contribution < -0.4 is 5.32 Å². The summed E-state index contributed by atoms with van der Waals surface area (Å²) in [5.74, 6) is 2.14. The molecule has 6 heteroatoms. The first-order valence-electron chi connectivity index (χ1n) is 10.6. The van der Waals surface area contributed by atoms with Crippen LogP contribution in [0.25, 0.3) is 11.5 Å². The molecular weight excluding hydrogens is 374 g/mol. The molecule has 0 atom stereocenters. The predicted molar refractivity (Wildman–Crippen MR) is 118 cm³/mol. The van der Waals surface area contributed by atoms with E-state index in [1.807, 2.05) is 59.5 Å². The number of hydrogen-bond donors (Lipinski definition) is 1. The lowest BCUT2D eigenvalue weighted by Crippen LogP contribution is -2.39. The molecule has 154 valence electrons. The van der Waals surface area contributed by atoms with Crippen LogP contribution in [0, 0.1) is 5.92 Å². The number of pyridine rings is 1. The van der Waals surface area contributed by atoms with E-state index >= 15 is 0 Å². The summed E-state index contributed by atoms with van der Waals surface area (Å²) >= 11 is 0. The second-order valence-electron chi connectivity index (χ2n) is 7.62. The van der Waals surface area contributed by atoms with Crippen molar-refractivity contribution >= 4 is 11.7 Å². The lowest BCUT2D eigenvalue weighted by molar-refractivity contribution is 0.0695. The fourth-order valence-electron chi connectivity index (χ4n) is 3.73. The highest BCUT2D eigenvalue weighted by Crippen LogP contribution is 2.21. The van der Waals surface area contributed by atoms with Gasteiger partial charge < -0.3 is 10.2 Å². The van der Waals surface area contributed by atoms with E-state index in [0.717, 1.165) is 61.7 Å². The zero-order valence-electron chi connectivity index (χ0n) is 17.3. The Hall–Kier alpha value is -3.28. The molecule has 1 amide bonds. The molecular formula is C24H27N5O. The van der Waals surface area contributed by atoms with Gasteiger partial charge in [0.15, 0.2) is 5.82 Å². The van der Waals surface area contributed by atoms with Gasteiger partial charge in [0.1, 0.15) is 11.5 Å². The fraction of sp³-hybridized carbons (Fsp3) is 0.333. The zero-order chi connectivity index (χ0) is 20.8. The number of carbonyl (C=O) groups is 1. The number of amides is 1. The zero-order valence-corrected chi connectivity index (χ0v) is 17.3. The topological polar surface area (TPSA) is 71.0 Å². The lowest BCUT2D eigenvalue weighted by atomic mass is 9.96. The summed E-state index contributed by atoms with van der Waals surface area (Å²) in [6, 6.07) is 17.3. The normalized spacial score (nSPS) is 14.5. The number of likely N-dealkylation sites (tertiary alicyclic amines) is 1. The Labute approximate surface area is 177 Å². The van der Waals surface area contributed by atoms with Crippen molar-refractivity contribution in [3.63, 3.8) is 0 Å². The van der Waals surface area contributed by atoms with E-state index in [2.05, 4.69) is 27.2 Å². The van der Waals surface area contributed by atoms with E-state index in [1.165, 1.54) is 0 Å². The number of nitrogens with zero attached hydrogens (tertiary/aromatic N) is 4. The van der Waals surface area contributed by atoms with Crippen molar-refractivity contribution in [1.82, 2.24) is 19.9 Å². The van der Waals surface area contributed by atoms with E-state index in [-0.39, 0.29) is 5.91 Å². The SMILES string of the molecule is CCc1cc(NCC2CCN(C(=O)c3ccccc3)CC2)nc(-c2ccccn2)n1. The minimum atomic E-state index is 0.130. The molecule has 0 aliphatic carbocycles. The van der Waals surface area contributed by atoms with Crippen molar-refractivity contribution in [1.29, 1.82) is 0 Å². The third kappa shape index (κ3) is 4.82. The van der Waals surface area contributed by atoms with Gasteiger partial charge in [0.05, 0.1) is 0 Å². The summed E-state index contributed by atoms with van der Waals surface area (Å²) in [5.41, 5.74) is 2.55. The molecule has 0 unspecified atom stereocenters. The van der Waals surface area contributed by atoms with Gasteiger partial charge in [-0.2, -0.15) is 0 Å². The first kappa shape index (κ1) is 20.0. The number of nitrogens with one attached hydrogen (secondary N) is 1. The molecule has 0 radical (unpaired) electrons. The number of hydrogen-bond acceptors (Lipinski definition) is 5. The quantitative estimate of drug-likeness (QED) is 0.674. The number of aromatic nitrogens is 3. The maximum absolute atomic E-state index is 12.6. The molecule has 0 saturated carbocycles. The summed E-state index contributed by atoms with van der Waals surface area (Å²) in [7, 11) is 0. The Morgan fingerprint density at radius 1 is 1.07 bits per heavy atom.